The highest BCUT2D eigenvalue weighted by Crippen LogP contribution is 2.33. The van der Waals surface area contributed by atoms with Crippen LogP contribution in [0.2, 0.25) is 0 Å². The second-order valence-electron chi connectivity index (χ2n) is 26.8. The average molecular weight is 1280 g/mol. The Morgan fingerprint density at radius 1 is 0.562 bits per heavy atom. The van der Waals surface area contributed by atoms with E-state index in [1.807, 2.05) is 41.5 Å². The Bertz CT molecular complexity index is 2510. The van der Waals surface area contributed by atoms with Gasteiger partial charge in [0.15, 0.2) is 11.3 Å². The minimum absolute atomic E-state index is 0.0103. The van der Waals surface area contributed by atoms with Gasteiger partial charge >= 0.3 is 0 Å². The molecule has 0 aromatic heterocycles. The van der Waals surface area contributed by atoms with Crippen LogP contribution >= 0.6 is 11.6 Å². The lowest BCUT2D eigenvalue weighted by Gasteiger charge is -2.47. The fourth-order valence-corrected chi connectivity index (χ4v) is 11.6. The molecule has 0 unspecified atom stereocenters. The number of nitrogens with zero attached hydrogens (tertiary/aromatic N) is 7. The average Bonchev–Trinajstić information content (AvgIpc) is 0.760. The number of allylic oxidation sites excluding steroid dienone is 2. The van der Waals surface area contributed by atoms with Crippen LogP contribution in [0.4, 0.5) is 0 Å². The van der Waals surface area contributed by atoms with Crippen LogP contribution in [0.15, 0.2) is 12.2 Å². The number of carbonyl (C=O) groups excluding carboxylic acids is 12. The lowest BCUT2D eigenvalue weighted by molar-refractivity contribution is -0.168. The van der Waals surface area contributed by atoms with E-state index in [4.69, 9.17) is 11.6 Å². The van der Waals surface area contributed by atoms with Crippen molar-refractivity contribution in [1.82, 2.24) is 55.6 Å². The summed E-state index contributed by atoms with van der Waals surface area (Å²) < 4.78 is 0. The number of aliphatic hydroxyl groups is 1. The molecular formula is C64H112ClN11O13. The van der Waals surface area contributed by atoms with E-state index in [1.54, 1.807) is 60.6 Å². The molecule has 1 aliphatic heterocycles. The normalized spacial score (nSPS) is 27.0. The number of hydrogen-bond donors (Lipinski definition) is 5. The molecule has 25 heteroatoms. The molecule has 0 bridgehead atoms. The highest BCUT2D eigenvalue weighted by Gasteiger charge is 2.57. The zero-order valence-corrected chi connectivity index (χ0v) is 58.7. The van der Waals surface area contributed by atoms with Gasteiger partial charge in [-0.1, -0.05) is 109 Å². The first-order chi connectivity index (χ1) is 41.1. The Morgan fingerprint density at radius 2 is 1.00 bits per heavy atom. The Kier molecular flexibility index (Phi) is 32.7. The summed E-state index contributed by atoms with van der Waals surface area (Å²) in [6, 6.07) is -11.9. The van der Waals surface area contributed by atoms with Crippen molar-refractivity contribution in [2.24, 2.45) is 41.4 Å². The minimum Gasteiger partial charge on any atom is -0.390 e. The van der Waals surface area contributed by atoms with Crippen LogP contribution in [0.5, 0.6) is 0 Å². The second kappa shape index (κ2) is 36.0. The predicted octanol–water partition coefficient (Wildman–Crippen LogP) is 3.45. The smallest absolute Gasteiger partial charge is 0.257 e. The SMILES string of the molecule is C/C=C/C[C@@H](C)[C@@H](O)[C@H]1C(=O)N[C@@H](CC)C(=O)N(C)CC(=O)N(C)[C@@H](CC(C)C)C(=O)N[C@@H](C(C)C)C(=O)N(C)[C@@H](CC(C)C)C(=O)N[C@@H](C)C(=O)N[C@H](C)C(=O)N(C)[C@@H](CC(C)C)C(=O)N(C)[C@@H](CC(C)C)C(=O)N(C)[C@](C(=O)CCl)(C(C)C)C(=O)N1C. The Hall–Kier alpha value is -6.17. The van der Waals surface area contributed by atoms with Crippen molar-refractivity contribution in [2.45, 2.75) is 222 Å². The molecule has 1 heterocycles. The molecule has 0 saturated carbocycles. The van der Waals surface area contributed by atoms with Gasteiger partial charge in [0.2, 0.25) is 59.1 Å². The summed E-state index contributed by atoms with van der Waals surface area (Å²) >= 11 is 6.41. The fraction of sp³-hybridized carbons (Fsp3) is 0.781. The summed E-state index contributed by atoms with van der Waals surface area (Å²) in [5.41, 5.74) is -2.50. The first-order valence-electron chi connectivity index (χ1n) is 31.5. The molecule has 1 saturated heterocycles. The number of alkyl halides is 1. The van der Waals surface area contributed by atoms with E-state index in [0.717, 1.165) is 14.7 Å². The molecule has 508 valence electrons. The summed E-state index contributed by atoms with van der Waals surface area (Å²) in [4.78, 5) is 184. The molecule has 0 aliphatic carbocycles. The maximum absolute atomic E-state index is 15.8. The fourth-order valence-electron chi connectivity index (χ4n) is 11.4. The van der Waals surface area contributed by atoms with E-state index in [9.17, 15) is 43.5 Å². The van der Waals surface area contributed by atoms with Crippen molar-refractivity contribution in [3.63, 3.8) is 0 Å². The van der Waals surface area contributed by atoms with Crippen LogP contribution in [0, 0.1) is 41.4 Å². The first-order valence-corrected chi connectivity index (χ1v) is 32.1. The van der Waals surface area contributed by atoms with Crippen LogP contribution in [0.25, 0.3) is 0 Å². The molecule has 0 aromatic rings. The number of rotatable bonds is 17. The third-order valence-corrected chi connectivity index (χ3v) is 17.2. The van der Waals surface area contributed by atoms with Crippen molar-refractivity contribution >= 4 is 82.4 Å². The number of amides is 11. The van der Waals surface area contributed by atoms with E-state index >= 15 is 19.2 Å². The number of likely N-dealkylation sites (N-methyl/N-ethyl adjacent to an activating group) is 7. The molecule has 1 fully saturated rings. The Labute approximate surface area is 536 Å². The summed E-state index contributed by atoms with van der Waals surface area (Å²) in [5.74, 6) is -13.5. The van der Waals surface area contributed by atoms with Crippen LogP contribution in [0.3, 0.4) is 0 Å². The number of hydrogen-bond acceptors (Lipinski definition) is 13. The standard InChI is InChI=1S/C64H112ClN11O13/c1-25-27-28-41(15)53(79)52-57(83)68-44(26-2)59(85)70(18)34-50(78)71(19)45(29-35(3)4)56(82)69-51(39(11)12)62(88)72(20)46(30-36(5)6)55(81)66-42(16)54(80)67-43(17)58(84)73(21)47(31-37(7)8)60(86)74(22)48(32-38(9)10)61(87)76(24)64(40(13)14,49(77)33-65)63(89)75(52)23/h25,27,35-48,51-53,79H,26,28-34H2,1-24H3,(H,66,81)(H,67,80)(H,68,83)(H,69,82)/b27-25+/t41-,42+,43-,44+,45+,46+,47+,48+,51+,52+,53-,64+/m1/s1. The molecule has 5 N–H and O–H groups in total. The molecule has 1 aliphatic rings. The molecule has 0 spiro atoms. The summed E-state index contributed by atoms with van der Waals surface area (Å²) in [6.45, 7) is 28.3. The van der Waals surface area contributed by atoms with Gasteiger partial charge in [0.05, 0.1) is 18.5 Å². The van der Waals surface area contributed by atoms with Gasteiger partial charge in [-0.15, -0.1) is 11.6 Å². The van der Waals surface area contributed by atoms with Gasteiger partial charge in [-0.25, -0.2) is 0 Å². The molecule has 0 aromatic carbocycles. The molecular weight excluding hydrogens is 1170 g/mol. The molecule has 89 heavy (non-hydrogen) atoms. The van der Waals surface area contributed by atoms with Gasteiger partial charge in [0, 0.05) is 49.3 Å². The van der Waals surface area contributed by atoms with Gasteiger partial charge in [-0.2, -0.15) is 0 Å². The topological polar surface area (TPSA) is 296 Å². The molecule has 11 amide bonds. The van der Waals surface area contributed by atoms with Crippen molar-refractivity contribution < 1.29 is 62.6 Å². The number of ketones is 1. The molecule has 1 rings (SSSR count). The van der Waals surface area contributed by atoms with Crippen LogP contribution in [0.1, 0.15) is 156 Å². The quantitative estimate of drug-likeness (QED) is 0.0794. The third kappa shape index (κ3) is 20.9. The summed E-state index contributed by atoms with van der Waals surface area (Å²) in [7, 11) is 9.34. The monoisotopic (exact) mass is 1280 g/mol. The van der Waals surface area contributed by atoms with Gasteiger partial charge in [0.25, 0.3) is 5.91 Å². The van der Waals surface area contributed by atoms with Gasteiger partial charge in [-0.3, -0.25) is 57.5 Å². The molecule has 12 atom stereocenters. The number of nitrogens with one attached hydrogen (secondary N) is 4. The van der Waals surface area contributed by atoms with Crippen molar-refractivity contribution in [2.75, 3.05) is 61.8 Å². The zero-order chi connectivity index (χ0) is 69.2. The second-order valence-corrected chi connectivity index (χ2v) is 27.1. The predicted molar refractivity (Wildman–Crippen MR) is 343 cm³/mol. The van der Waals surface area contributed by atoms with E-state index in [-0.39, 0.29) is 62.2 Å². The Balaban J connectivity index is 4.52. The highest BCUT2D eigenvalue weighted by molar-refractivity contribution is 6.32. The van der Waals surface area contributed by atoms with Gasteiger partial charge in [0.1, 0.15) is 54.4 Å². The maximum Gasteiger partial charge on any atom is 0.257 e. The number of halogens is 1. The van der Waals surface area contributed by atoms with E-state index in [2.05, 4.69) is 21.3 Å². The van der Waals surface area contributed by atoms with Crippen molar-refractivity contribution in [1.29, 1.82) is 0 Å². The van der Waals surface area contributed by atoms with Crippen molar-refractivity contribution in [3.8, 4) is 0 Å². The number of Topliss-reactive ketones (excluding diaryl/α,β-unsaturated/α-hetero) is 1. The van der Waals surface area contributed by atoms with E-state index in [1.165, 1.54) is 96.6 Å². The largest absolute Gasteiger partial charge is 0.390 e. The highest BCUT2D eigenvalue weighted by atomic mass is 35.5. The first kappa shape index (κ1) is 80.8. The summed E-state index contributed by atoms with van der Waals surface area (Å²) in [5, 5.41) is 23.1. The van der Waals surface area contributed by atoms with Crippen molar-refractivity contribution in [3.05, 3.63) is 12.2 Å². The van der Waals surface area contributed by atoms with Crippen LogP contribution in [-0.2, 0) is 57.5 Å². The van der Waals surface area contributed by atoms with E-state index < -0.39 is 167 Å². The lowest BCUT2D eigenvalue weighted by Crippen LogP contribution is -2.72. The van der Waals surface area contributed by atoms with E-state index in [0.29, 0.717) is 0 Å². The molecule has 24 nitrogen and oxygen atoms in total. The molecule has 0 radical (unpaired) electrons. The summed E-state index contributed by atoms with van der Waals surface area (Å²) in [6.07, 6.45) is 2.31. The number of aliphatic hydroxyl groups excluding tert-OH is 1. The maximum atomic E-state index is 15.8. The zero-order valence-electron chi connectivity index (χ0n) is 58.0. The van der Waals surface area contributed by atoms with Crippen LogP contribution in [-0.4, -0.2) is 238 Å². The van der Waals surface area contributed by atoms with Crippen LogP contribution < -0.4 is 21.3 Å². The third-order valence-electron chi connectivity index (χ3n) is 17.0. The van der Waals surface area contributed by atoms with Gasteiger partial charge in [-0.05, 0) is 101 Å². The number of carbonyl (C=O) groups is 12. The Morgan fingerprint density at radius 3 is 1.45 bits per heavy atom. The minimum atomic E-state index is -2.50. The lowest BCUT2D eigenvalue weighted by atomic mass is 9.78. The van der Waals surface area contributed by atoms with Gasteiger partial charge < -0.3 is 60.7 Å².